The van der Waals surface area contributed by atoms with Crippen LogP contribution in [0.2, 0.25) is 5.02 Å². The first-order chi connectivity index (χ1) is 11.0. The highest BCUT2D eigenvalue weighted by atomic mass is 35.5. The topological polar surface area (TPSA) is 33.1 Å². The van der Waals surface area contributed by atoms with Gasteiger partial charge < -0.3 is 5.11 Å². The van der Waals surface area contributed by atoms with Gasteiger partial charge in [-0.1, -0.05) is 41.9 Å². The molecule has 23 heavy (non-hydrogen) atoms. The van der Waals surface area contributed by atoms with E-state index in [0.29, 0.717) is 16.1 Å². The van der Waals surface area contributed by atoms with Crippen molar-refractivity contribution in [3.8, 4) is 0 Å². The third kappa shape index (κ3) is 2.71. The maximum Gasteiger partial charge on any atom is 0.165 e. The van der Waals surface area contributed by atoms with Crippen molar-refractivity contribution in [3.63, 3.8) is 0 Å². The maximum absolute atomic E-state index is 14.4. The lowest BCUT2D eigenvalue weighted by Crippen LogP contribution is -2.30. The highest BCUT2D eigenvalue weighted by Gasteiger charge is 2.37. The average Bonchev–Trinajstić information content (AvgIpc) is 2.58. The first kappa shape index (κ1) is 15.6. The lowest BCUT2D eigenvalue weighted by Gasteiger charge is -2.30. The van der Waals surface area contributed by atoms with Gasteiger partial charge >= 0.3 is 0 Å². The van der Waals surface area contributed by atoms with Crippen molar-refractivity contribution in [2.75, 3.05) is 0 Å². The van der Waals surface area contributed by atoms with Gasteiger partial charge in [-0.25, -0.2) is 8.78 Å². The van der Waals surface area contributed by atoms with Crippen LogP contribution in [0.5, 0.6) is 0 Å². The molecule has 0 saturated carbocycles. The minimum absolute atomic E-state index is 0.187. The molecule has 0 aliphatic heterocycles. The number of nitrogens with zero attached hydrogens (tertiary/aromatic N) is 1. The molecule has 0 aliphatic rings. The van der Waals surface area contributed by atoms with Crippen LogP contribution in [-0.2, 0) is 5.60 Å². The van der Waals surface area contributed by atoms with E-state index in [1.807, 2.05) is 0 Å². The molecule has 2 aromatic carbocycles. The van der Waals surface area contributed by atoms with Gasteiger partial charge in [-0.05, 0) is 29.8 Å². The Morgan fingerprint density at radius 2 is 1.65 bits per heavy atom. The van der Waals surface area contributed by atoms with Crippen molar-refractivity contribution in [1.82, 2.24) is 4.98 Å². The molecule has 0 amide bonds. The van der Waals surface area contributed by atoms with Gasteiger partial charge in [0.05, 0.1) is 0 Å². The van der Waals surface area contributed by atoms with Gasteiger partial charge in [0.2, 0.25) is 0 Å². The summed E-state index contributed by atoms with van der Waals surface area (Å²) in [5.74, 6) is -2.13. The number of rotatable bonds is 3. The molecule has 5 heteroatoms. The van der Waals surface area contributed by atoms with Gasteiger partial charge in [-0.3, -0.25) is 4.98 Å². The molecule has 0 radical (unpaired) electrons. The molecule has 1 aromatic heterocycles. The van der Waals surface area contributed by atoms with E-state index in [9.17, 15) is 13.9 Å². The normalized spacial score (nSPS) is 13.6. The summed E-state index contributed by atoms with van der Waals surface area (Å²) in [5, 5.41) is 11.8. The quantitative estimate of drug-likeness (QED) is 0.776. The molecule has 0 bridgehead atoms. The predicted molar refractivity (Wildman–Crippen MR) is 84.1 cm³/mol. The van der Waals surface area contributed by atoms with Crippen LogP contribution < -0.4 is 0 Å². The fourth-order valence-electron chi connectivity index (χ4n) is 2.53. The molecule has 0 saturated heterocycles. The first-order valence-electron chi connectivity index (χ1n) is 6.87. The third-order valence-corrected chi connectivity index (χ3v) is 3.93. The zero-order valence-corrected chi connectivity index (χ0v) is 12.6. The van der Waals surface area contributed by atoms with E-state index in [4.69, 9.17) is 11.6 Å². The molecule has 1 unspecified atom stereocenters. The Labute approximate surface area is 137 Å². The average molecular weight is 332 g/mol. The van der Waals surface area contributed by atoms with Gasteiger partial charge in [-0.15, -0.1) is 0 Å². The summed E-state index contributed by atoms with van der Waals surface area (Å²) in [6.45, 7) is 0. The molecule has 2 nitrogen and oxygen atoms in total. The van der Waals surface area contributed by atoms with E-state index >= 15 is 0 Å². The van der Waals surface area contributed by atoms with Crippen molar-refractivity contribution in [1.29, 1.82) is 0 Å². The molecule has 0 aliphatic carbocycles. The van der Waals surface area contributed by atoms with Crippen molar-refractivity contribution in [3.05, 3.63) is 100 Å². The highest BCUT2D eigenvalue weighted by molar-refractivity contribution is 6.30. The lowest BCUT2D eigenvalue weighted by molar-refractivity contribution is 0.120. The summed E-state index contributed by atoms with van der Waals surface area (Å²) in [6, 6.07) is 13.2. The molecule has 0 spiro atoms. The smallest absolute Gasteiger partial charge is 0.165 e. The lowest BCUT2D eigenvalue weighted by atomic mass is 9.81. The van der Waals surface area contributed by atoms with E-state index in [-0.39, 0.29) is 5.56 Å². The molecule has 1 atom stereocenters. The summed E-state index contributed by atoms with van der Waals surface area (Å²) in [7, 11) is 0. The standard InChI is InChI=1S/C18H12ClF2NO/c19-14-8-6-12(7-9-14)18(23,13-3-2-10-22-11-13)15-4-1-5-16(20)17(15)21/h1-11,23H. The van der Waals surface area contributed by atoms with Crippen LogP contribution in [0.3, 0.4) is 0 Å². The molecule has 1 heterocycles. The zero-order chi connectivity index (χ0) is 16.4. The minimum atomic E-state index is -1.88. The second-order valence-electron chi connectivity index (χ2n) is 5.06. The van der Waals surface area contributed by atoms with Crippen molar-refractivity contribution >= 4 is 11.6 Å². The summed E-state index contributed by atoms with van der Waals surface area (Å²) in [4.78, 5) is 3.97. The zero-order valence-electron chi connectivity index (χ0n) is 11.9. The van der Waals surface area contributed by atoms with Gasteiger partial charge in [0.15, 0.2) is 11.6 Å². The van der Waals surface area contributed by atoms with Crippen molar-refractivity contribution in [2.45, 2.75) is 5.60 Å². The Morgan fingerprint density at radius 3 is 2.30 bits per heavy atom. The number of aliphatic hydroxyl groups is 1. The molecule has 116 valence electrons. The van der Waals surface area contributed by atoms with E-state index < -0.39 is 17.2 Å². The van der Waals surface area contributed by atoms with Gasteiger partial charge in [-0.2, -0.15) is 0 Å². The molecule has 3 aromatic rings. The van der Waals surface area contributed by atoms with E-state index in [1.165, 1.54) is 24.5 Å². The molecular weight excluding hydrogens is 320 g/mol. The molecule has 1 N–H and O–H groups in total. The van der Waals surface area contributed by atoms with Gasteiger partial charge in [0.25, 0.3) is 0 Å². The summed E-state index contributed by atoms with van der Waals surface area (Å²) in [5.41, 5.74) is -1.38. The summed E-state index contributed by atoms with van der Waals surface area (Å²) in [6.07, 6.45) is 2.95. The van der Waals surface area contributed by atoms with E-state index in [2.05, 4.69) is 4.98 Å². The predicted octanol–water partition coefficient (Wildman–Crippen LogP) is 4.30. The van der Waals surface area contributed by atoms with Crippen molar-refractivity contribution in [2.24, 2.45) is 0 Å². The first-order valence-corrected chi connectivity index (χ1v) is 7.24. The minimum Gasteiger partial charge on any atom is -0.376 e. The second kappa shape index (κ2) is 6.07. The molecular formula is C18H12ClF2NO. The summed E-state index contributed by atoms with van der Waals surface area (Å²) >= 11 is 5.88. The summed E-state index contributed by atoms with van der Waals surface area (Å²) < 4.78 is 28.0. The van der Waals surface area contributed by atoms with Crippen LogP contribution in [0, 0.1) is 11.6 Å². The van der Waals surface area contributed by atoms with E-state index in [1.54, 1.807) is 36.4 Å². The number of hydrogen-bond acceptors (Lipinski definition) is 2. The molecule has 0 fully saturated rings. The Balaban J connectivity index is 2.30. The number of hydrogen-bond donors (Lipinski definition) is 1. The van der Waals surface area contributed by atoms with E-state index in [0.717, 1.165) is 6.07 Å². The molecule has 3 rings (SSSR count). The van der Waals surface area contributed by atoms with Crippen LogP contribution >= 0.6 is 11.6 Å². The van der Waals surface area contributed by atoms with Gasteiger partial charge in [0.1, 0.15) is 5.60 Å². The fraction of sp³-hybridized carbons (Fsp3) is 0.0556. The highest BCUT2D eigenvalue weighted by Crippen LogP contribution is 2.38. The monoisotopic (exact) mass is 331 g/mol. The van der Waals surface area contributed by atoms with Crippen LogP contribution in [-0.4, -0.2) is 10.1 Å². The SMILES string of the molecule is OC(c1ccc(Cl)cc1)(c1cccnc1)c1cccc(F)c1F. The van der Waals surface area contributed by atoms with Crippen molar-refractivity contribution < 1.29 is 13.9 Å². The maximum atomic E-state index is 14.4. The van der Waals surface area contributed by atoms with Crippen LogP contribution in [0.15, 0.2) is 67.0 Å². The Kier molecular flexibility index (Phi) is 4.11. The fourth-order valence-corrected chi connectivity index (χ4v) is 2.65. The number of halogens is 3. The van der Waals surface area contributed by atoms with Crippen LogP contribution in [0.1, 0.15) is 16.7 Å². The van der Waals surface area contributed by atoms with Crippen LogP contribution in [0.4, 0.5) is 8.78 Å². The largest absolute Gasteiger partial charge is 0.376 e. The number of pyridine rings is 1. The van der Waals surface area contributed by atoms with Gasteiger partial charge in [0, 0.05) is 28.5 Å². The Bertz CT molecular complexity index is 824. The second-order valence-corrected chi connectivity index (χ2v) is 5.50. The third-order valence-electron chi connectivity index (χ3n) is 3.68. The number of aromatic nitrogens is 1. The Hall–Kier alpha value is -2.30. The Morgan fingerprint density at radius 1 is 0.913 bits per heavy atom. The number of benzene rings is 2. The van der Waals surface area contributed by atoms with Crippen LogP contribution in [0.25, 0.3) is 0 Å².